The third-order valence-electron chi connectivity index (χ3n) is 16.9. The van der Waals surface area contributed by atoms with E-state index in [-0.39, 0.29) is 69.2 Å². The predicted octanol–water partition coefficient (Wildman–Crippen LogP) is 8.65. The molecule has 6 aliphatic heterocycles. The molecule has 4 saturated heterocycles. The van der Waals surface area contributed by atoms with Crippen LogP contribution in [0.4, 0.5) is 29.7 Å². The molecule has 0 spiro atoms. The molecule has 0 aliphatic carbocycles. The second-order valence-corrected chi connectivity index (χ2v) is 24.8. The number of halogens is 2. The van der Waals surface area contributed by atoms with Crippen LogP contribution in [0.3, 0.4) is 0 Å². The summed E-state index contributed by atoms with van der Waals surface area (Å²) < 4.78 is 40.6. The third-order valence-corrected chi connectivity index (χ3v) is 18.5. The number of fused-ring (bicyclic) bond motifs is 2. The van der Waals surface area contributed by atoms with Crippen molar-refractivity contribution in [3.05, 3.63) is 186 Å². The molecule has 4 atom stereocenters. The highest BCUT2D eigenvalue weighted by Crippen LogP contribution is 2.41. The topological polar surface area (TPSA) is 255 Å². The summed E-state index contributed by atoms with van der Waals surface area (Å²) in [4.78, 5) is 107. The van der Waals surface area contributed by atoms with E-state index in [2.05, 4.69) is 30.4 Å². The number of nitrogens with one attached hydrogen (secondary N) is 2. The lowest BCUT2D eigenvalue weighted by atomic mass is 9.91. The summed E-state index contributed by atoms with van der Waals surface area (Å²) in [5.74, 6) is -2.98. The van der Waals surface area contributed by atoms with Crippen LogP contribution in [0.25, 0.3) is 0 Å². The van der Waals surface area contributed by atoms with Gasteiger partial charge in [-0.05, 0) is 118 Å². The number of hydrogen-bond donors (Lipinski definition) is 4. The lowest BCUT2D eigenvalue weighted by molar-refractivity contribution is -0.139. The average Bonchev–Trinajstić information content (AvgIpc) is 1.53. The second kappa shape index (κ2) is 28.1. The Balaban J connectivity index is 0.000000213. The van der Waals surface area contributed by atoms with Crippen LogP contribution in [0.5, 0.6) is 0 Å². The van der Waals surface area contributed by atoms with Gasteiger partial charge in [-0.3, -0.25) is 29.6 Å². The molecule has 2 aromatic heterocycles. The Morgan fingerprint density at radius 2 is 1.03 bits per heavy atom. The van der Waals surface area contributed by atoms with Gasteiger partial charge in [0.25, 0.3) is 0 Å². The number of esters is 2. The number of nitrogens with zero attached hydrogens (tertiary/aromatic N) is 10. The van der Waals surface area contributed by atoms with E-state index in [1.165, 1.54) is 59.1 Å². The molecule has 484 valence electrons. The van der Waals surface area contributed by atoms with Crippen LogP contribution in [0.2, 0.25) is 0 Å². The zero-order valence-electron chi connectivity index (χ0n) is 51.2. The molecular formula is C64H70F2N12O10S4. The smallest absolute Gasteiger partial charge is 0.338 e. The van der Waals surface area contributed by atoms with E-state index < -0.39 is 52.9 Å². The van der Waals surface area contributed by atoms with Gasteiger partial charge in [-0.1, -0.05) is 30.3 Å². The number of thiazole rings is 2. The molecule has 0 saturated carbocycles. The summed E-state index contributed by atoms with van der Waals surface area (Å²) in [6.45, 7) is 15.5. The molecule has 4 amide bonds. The van der Waals surface area contributed by atoms with E-state index >= 15 is 0 Å². The number of ether oxygens (including phenoxy) is 2. The van der Waals surface area contributed by atoms with Crippen molar-refractivity contribution in [3.8, 4) is 0 Å². The van der Waals surface area contributed by atoms with E-state index in [1.807, 2.05) is 34.4 Å². The third kappa shape index (κ3) is 13.5. The van der Waals surface area contributed by atoms with Crippen molar-refractivity contribution in [2.45, 2.75) is 64.7 Å². The number of carboxylic acid groups (broad SMARTS) is 2. The molecule has 4 fully saturated rings. The van der Waals surface area contributed by atoms with E-state index in [9.17, 15) is 47.8 Å². The summed E-state index contributed by atoms with van der Waals surface area (Å²) in [5, 5.41) is 30.4. The fourth-order valence-electron chi connectivity index (χ4n) is 12.6. The number of piperazine rings is 2. The maximum atomic E-state index is 14.8. The molecule has 28 heteroatoms. The number of aromatic nitrogens is 2. The fraction of sp³-hybridized carbons (Fsp3) is 0.344. The molecule has 0 bridgehead atoms. The van der Waals surface area contributed by atoms with Gasteiger partial charge in [0.1, 0.15) is 23.7 Å². The molecule has 8 heterocycles. The number of hydrogen-bond acceptors (Lipinski definition) is 18. The Hall–Kier alpha value is -8.54. The molecule has 0 radical (unpaired) electrons. The summed E-state index contributed by atoms with van der Waals surface area (Å²) in [6, 6.07) is 20.2. The first-order valence-electron chi connectivity index (χ1n) is 29.3. The normalized spacial score (nSPS) is 21.3. The number of amidine groups is 2. The quantitative estimate of drug-likeness (QED) is 0.0661. The number of rotatable bonds is 16. The summed E-state index contributed by atoms with van der Waals surface area (Å²) >= 11 is 2.80. The Kier molecular flexibility index (Phi) is 20.7. The summed E-state index contributed by atoms with van der Waals surface area (Å²) in [6.07, 6.45) is 3.35. The minimum absolute atomic E-state index is 0. The Labute approximate surface area is 551 Å². The van der Waals surface area contributed by atoms with Gasteiger partial charge in [-0.15, -0.1) is 22.7 Å². The van der Waals surface area contributed by atoms with E-state index in [0.717, 1.165) is 0 Å². The van der Waals surface area contributed by atoms with Gasteiger partial charge >= 0.3 is 35.9 Å². The molecular weight excluding hydrogens is 1260 g/mol. The standard InChI is InChI=1S/2C32H33FN6O5S.2H2S/c1-4-44-30(42)25-24(35-27(28-34-11-14-45-28)36-26(25)22-9-6-10-23(33)19(22)2)16-37-12-13-39-31(43)38(18-32(39,3)17-37)21-8-5-7-20(15-21)29(40)41;1-4-44-30(42)25-24(35-27(28-34-12-15-45-28)36-26(25)22-6-5-7-23(33)19(22)2)16-37-13-14-39-31(43)38(18-32(39,3)17-37)21-10-8-20(9-11-21)29(40)41;;/h5-11,14-15,26H,4,12-13,16-18H2,1-3H3,(H,35,36)(H,40,41);5-12,15,26H,4,13-14,16-18H2,1-3H3,(H,35,36)(H,40,41);2*1H2/t2*26-,32-;;/m00../s1. The highest BCUT2D eigenvalue weighted by molar-refractivity contribution is 7.59. The zero-order valence-corrected chi connectivity index (χ0v) is 54.9. The van der Waals surface area contributed by atoms with Crippen molar-refractivity contribution in [1.82, 2.24) is 40.2 Å². The molecule has 4 N–H and O–H groups in total. The van der Waals surface area contributed by atoms with E-state index in [0.29, 0.717) is 143 Å². The largest absolute Gasteiger partial charge is 0.478 e. The average molecular weight is 1330 g/mol. The van der Waals surface area contributed by atoms with Crippen LogP contribution in [-0.2, 0) is 19.1 Å². The first kappa shape index (κ1) is 67.8. The number of urea groups is 2. The van der Waals surface area contributed by atoms with Crippen LogP contribution in [-0.4, -0.2) is 177 Å². The number of carboxylic acids is 2. The SMILES string of the molecule is CCOC(=O)C1=C(CN2CCN3C(=O)N(c4ccc(C(=O)O)cc4)C[C@]3(C)C2)NC(c2nccs2)=N[C@H]1c1cccc(F)c1C.CCOC(=O)C1=C(CN2CCN3C(=O)N(c4cccc(C(=O)O)c4)C[C@]3(C)C2)NC(c2nccs2)=N[C@H]1c1cccc(F)c1C.S.S. The van der Waals surface area contributed by atoms with Crippen molar-refractivity contribution in [2.75, 3.05) is 88.5 Å². The van der Waals surface area contributed by atoms with Gasteiger partial charge in [-0.2, -0.15) is 27.0 Å². The number of benzene rings is 4. The summed E-state index contributed by atoms with van der Waals surface area (Å²) in [5.41, 5.74) is 3.97. The number of aliphatic imine (C=N–C) groups is 2. The number of carbonyl (C=O) groups excluding carboxylic acids is 4. The van der Waals surface area contributed by atoms with Gasteiger partial charge in [0.05, 0.1) is 59.7 Å². The van der Waals surface area contributed by atoms with Crippen LogP contribution < -0.4 is 20.4 Å². The monoisotopic (exact) mass is 1330 g/mol. The minimum Gasteiger partial charge on any atom is -0.478 e. The van der Waals surface area contributed by atoms with Crippen LogP contribution in [0.1, 0.15) is 92.8 Å². The van der Waals surface area contributed by atoms with E-state index in [1.54, 1.807) is 98.4 Å². The highest BCUT2D eigenvalue weighted by Gasteiger charge is 2.52. The molecule has 92 heavy (non-hydrogen) atoms. The van der Waals surface area contributed by atoms with Crippen LogP contribution in [0, 0.1) is 25.5 Å². The Morgan fingerprint density at radius 3 is 1.45 bits per heavy atom. The van der Waals surface area contributed by atoms with Crippen LogP contribution >= 0.6 is 49.7 Å². The van der Waals surface area contributed by atoms with Crippen LogP contribution in [0.15, 0.2) is 141 Å². The maximum absolute atomic E-state index is 14.8. The first-order valence-corrected chi connectivity index (χ1v) is 31.0. The molecule has 4 aromatic carbocycles. The molecule has 0 unspecified atom stereocenters. The lowest BCUT2D eigenvalue weighted by Gasteiger charge is -2.44. The van der Waals surface area contributed by atoms with Gasteiger partial charge < -0.3 is 40.1 Å². The number of anilines is 2. The van der Waals surface area contributed by atoms with E-state index in [4.69, 9.17) is 19.5 Å². The molecule has 22 nitrogen and oxygen atoms in total. The zero-order chi connectivity index (χ0) is 63.8. The van der Waals surface area contributed by atoms with Gasteiger partial charge in [-0.25, -0.2) is 47.5 Å². The van der Waals surface area contributed by atoms with Gasteiger partial charge in [0.2, 0.25) is 0 Å². The molecule has 12 rings (SSSR count). The van der Waals surface area contributed by atoms with Gasteiger partial charge in [0.15, 0.2) is 21.7 Å². The van der Waals surface area contributed by atoms with Crippen molar-refractivity contribution in [3.63, 3.8) is 0 Å². The number of carbonyl (C=O) groups is 6. The number of aromatic carboxylic acids is 2. The molecule has 6 aliphatic rings. The summed E-state index contributed by atoms with van der Waals surface area (Å²) in [7, 11) is 0. The fourth-order valence-corrected chi connectivity index (χ4v) is 13.8. The van der Waals surface area contributed by atoms with Gasteiger partial charge in [0, 0.05) is 98.3 Å². The lowest BCUT2D eigenvalue weighted by Crippen LogP contribution is -2.60. The van der Waals surface area contributed by atoms with Crippen molar-refractivity contribution in [1.29, 1.82) is 0 Å². The predicted molar refractivity (Wildman–Crippen MR) is 355 cm³/mol. The number of amides is 4. The Morgan fingerprint density at radius 1 is 0.598 bits per heavy atom. The minimum atomic E-state index is -1.06. The highest BCUT2D eigenvalue weighted by atomic mass is 32.1. The van der Waals surface area contributed by atoms with Crippen molar-refractivity contribution < 1.29 is 57.2 Å². The first-order chi connectivity index (χ1) is 43.2. The second-order valence-electron chi connectivity index (χ2n) is 23.0. The van der Waals surface area contributed by atoms with Crippen molar-refractivity contribution >= 4 is 109 Å². The maximum Gasteiger partial charge on any atom is 0.338 e. The Bertz CT molecular complexity index is 3950. The molecule has 6 aromatic rings. The van der Waals surface area contributed by atoms with Crippen molar-refractivity contribution in [2.24, 2.45) is 9.98 Å².